The molecule has 3 heterocycles. The van der Waals surface area contributed by atoms with Gasteiger partial charge < -0.3 is 29.3 Å². The van der Waals surface area contributed by atoms with Crippen molar-refractivity contribution in [2.45, 2.75) is 90.0 Å². The van der Waals surface area contributed by atoms with Gasteiger partial charge in [-0.05, 0) is 103 Å². The summed E-state index contributed by atoms with van der Waals surface area (Å²) in [5, 5.41) is 8.81. The number of nitrogens with one attached hydrogen (secondary N) is 1. The van der Waals surface area contributed by atoms with Crippen LogP contribution in [0, 0.1) is 0 Å². The Morgan fingerprint density at radius 3 is 2.11 bits per heavy atom. The second-order valence-electron chi connectivity index (χ2n) is 18.0. The van der Waals surface area contributed by atoms with Gasteiger partial charge in [0.2, 0.25) is 5.69 Å². The summed E-state index contributed by atoms with van der Waals surface area (Å²) in [6.45, 7) is 13.6. The minimum atomic E-state index is -0.348. The van der Waals surface area contributed by atoms with E-state index in [9.17, 15) is 14.4 Å². The zero-order valence-electron chi connectivity index (χ0n) is 37.9. The van der Waals surface area contributed by atoms with Crippen molar-refractivity contribution < 1.29 is 33.2 Å². The second kappa shape index (κ2) is 17.9. The first kappa shape index (κ1) is 43.5. The first-order valence-electron chi connectivity index (χ1n) is 22.5. The van der Waals surface area contributed by atoms with Crippen molar-refractivity contribution in [3.05, 3.63) is 131 Å². The Bertz CT molecular complexity index is 2620. The van der Waals surface area contributed by atoms with E-state index >= 15 is 0 Å². The lowest BCUT2D eigenvalue weighted by molar-refractivity contribution is -0.436. The van der Waals surface area contributed by atoms with Crippen LogP contribution in [-0.2, 0) is 34.6 Å². The summed E-state index contributed by atoms with van der Waals surface area (Å²) in [6.07, 6.45) is 12.7. The summed E-state index contributed by atoms with van der Waals surface area (Å²) in [5.41, 5.74) is 9.87. The number of rotatable bonds is 12. The molecule has 8 rings (SSSR count). The Balaban J connectivity index is 1.20. The van der Waals surface area contributed by atoms with Gasteiger partial charge in [0.1, 0.15) is 6.42 Å². The maximum absolute atomic E-state index is 12.6. The van der Waals surface area contributed by atoms with E-state index in [1.54, 1.807) is 0 Å². The molecule has 328 valence electrons. The molecule has 0 atom stereocenters. The lowest BCUT2D eigenvalue weighted by Gasteiger charge is -2.33. The predicted molar refractivity (Wildman–Crippen MR) is 251 cm³/mol. The van der Waals surface area contributed by atoms with E-state index in [-0.39, 0.29) is 47.7 Å². The van der Waals surface area contributed by atoms with E-state index in [0.717, 1.165) is 54.2 Å². The molecule has 4 aliphatic rings. The molecule has 1 aliphatic carbocycles. The minimum absolute atomic E-state index is 0.168. The van der Waals surface area contributed by atoms with Gasteiger partial charge in [-0.3, -0.25) is 9.59 Å². The van der Waals surface area contributed by atoms with E-state index in [0.29, 0.717) is 32.8 Å². The summed E-state index contributed by atoms with van der Waals surface area (Å²) in [4.78, 5) is 41.8. The van der Waals surface area contributed by atoms with Crippen LogP contribution >= 0.6 is 0 Å². The molecule has 3 aliphatic heterocycles. The van der Waals surface area contributed by atoms with Crippen LogP contribution in [0.15, 0.2) is 120 Å². The molecule has 4 aromatic carbocycles. The average Bonchev–Trinajstić information content (AvgIpc) is 3.85. The number of nitrogens with zero attached hydrogens (tertiary/aromatic N) is 3. The Hall–Kier alpha value is -6.16. The third-order valence-corrected chi connectivity index (χ3v) is 13.6. The zero-order chi connectivity index (χ0) is 44.5. The monoisotopic (exact) mass is 849 g/mol. The Labute approximate surface area is 371 Å². The molecule has 10 nitrogen and oxygen atoms in total. The number of carbonyl (C=O) groups is 3. The number of amides is 1. The number of allylic oxidation sites excluding steroid dienone is 7. The highest BCUT2D eigenvalue weighted by atomic mass is 16.6. The molecule has 0 unspecified atom stereocenters. The van der Waals surface area contributed by atoms with Gasteiger partial charge in [-0.15, -0.1) is 0 Å². The second-order valence-corrected chi connectivity index (χ2v) is 18.0. The Morgan fingerprint density at radius 1 is 0.778 bits per heavy atom. The Kier molecular flexibility index (Phi) is 12.4. The third kappa shape index (κ3) is 8.28. The van der Waals surface area contributed by atoms with Crippen LogP contribution in [0.1, 0.15) is 84.3 Å². The van der Waals surface area contributed by atoms with Crippen molar-refractivity contribution >= 4 is 56.7 Å². The summed E-state index contributed by atoms with van der Waals surface area (Å²) in [6, 6.07) is 26.0. The standard InChI is InChI=1S/C53H60N4O6/c1-8-63-51(60)55-31-27-39(28-32-55)54-50-37(21-25-44-52(2,3)48-40-15-11-9-13-35(40)19-23-42(48)56(44)33-29-46(58)61-6)17-18-38(50)22-26-45-53(4,5)49-41-16-12-10-14-36(41)20-24-43(49)57(45)34-30-47(59)62-7/h9-16,19-26,39H,8,17-18,27-34H2,1-7H3/p+1. The molecular weight excluding hydrogens is 789 g/mol. The molecule has 4 aromatic rings. The van der Waals surface area contributed by atoms with Crippen LogP contribution in [0.2, 0.25) is 0 Å². The van der Waals surface area contributed by atoms with Gasteiger partial charge in [-0.1, -0.05) is 80.6 Å². The lowest BCUT2D eigenvalue weighted by atomic mass is 9.79. The topological polar surface area (TPSA) is 100 Å². The van der Waals surface area contributed by atoms with Gasteiger partial charge in [0, 0.05) is 65.9 Å². The van der Waals surface area contributed by atoms with Gasteiger partial charge in [0.15, 0.2) is 12.3 Å². The van der Waals surface area contributed by atoms with Crippen LogP contribution in [0.4, 0.5) is 16.2 Å². The maximum atomic E-state index is 12.6. The first-order chi connectivity index (χ1) is 30.4. The molecule has 0 saturated carbocycles. The number of hydrogen-bond acceptors (Lipinski definition) is 8. The normalized spacial score (nSPS) is 19.5. The van der Waals surface area contributed by atoms with Crippen LogP contribution < -0.4 is 10.2 Å². The number of anilines is 1. The molecule has 63 heavy (non-hydrogen) atoms. The quantitative estimate of drug-likeness (QED) is 0.0855. The molecule has 0 aromatic heterocycles. The SMILES string of the molecule is CCOC(=O)N1CCC(NC2=C(C=CC3=[N+](CCC(=O)OC)c4ccc5ccccc5c4C3(C)C)CCC2=CC=C2N(CCC(=O)OC)c3ccc4ccccc4c3C2(C)C)CC1. The van der Waals surface area contributed by atoms with Gasteiger partial charge >= 0.3 is 18.0 Å². The van der Waals surface area contributed by atoms with Crippen LogP contribution in [0.25, 0.3) is 21.5 Å². The van der Waals surface area contributed by atoms with Crippen LogP contribution in [-0.4, -0.2) is 86.3 Å². The van der Waals surface area contributed by atoms with E-state index in [2.05, 4.69) is 140 Å². The van der Waals surface area contributed by atoms with Crippen LogP contribution in [0.5, 0.6) is 0 Å². The number of piperidine rings is 1. The largest absolute Gasteiger partial charge is 0.469 e. The molecule has 1 amide bonds. The smallest absolute Gasteiger partial charge is 0.409 e. The number of fused-ring (bicyclic) bond motifs is 6. The van der Waals surface area contributed by atoms with Gasteiger partial charge in [-0.2, -0.15) is 4.58 Å². The highest BCUT2D eigenvalue weighted by Gasteiger charge is 2.46. The zero-order valence-corrected chi connectivity index (χ0v) is 37.9. The average molecular weight is 850 g/mol. The lowest BCUT2D eigenvalue weighted by Crippen LogP contribution is -2.45. The van der Waals surface area contributed by atoms with Crippen molar-refractivity contribution in [3.8, 4) is 0 Å². The summed E-state index contributed by atoms with van der Waals surface area (Å²) >= 11 is 0. The molecular formula is C53H61N4O6+. The highest BCUT2D eigenvalue weighted by Crippen LogP contribution is 2.51. The molecule has 0 radical (unpaired) electrons. The van der Waals surface area contributed by atoms with E-state index in [4.69, 9.17) is 14.2 Å². The van der Waals surface area contributed by atoms with Crippen molar-refractivity contribution in [1.29, 1.82) is 0 Å². The fourth-order valence-electron chi connectivity index (χ4n) is 10.4. The molecule has 1 N–H and O–H groups in total. The number of carbonyl (C=O) groups excluding carboxylic acids is 3. The summed E-state index contributed by atoms with van der Waals surface area (Å²) in [7, 11) is 2.89. The van der Waals surface area contributed by atoms with Crippen molar-refractivity contribution in [3.63, 3.8) is 0 Å². The number of likely N-dealkylation sites (tertiary alicyclic amines) is 1. The van der Waals surface area contributed by atoms with E-state index < -0.39 is 0 Å². The number of esters is 2. The number of methoxy groups -OCH3 is 2. The summed E-state index contributed by atoms with van der Waals surface area (Å²) < 4.78 is 17.8. The molecule has 0 spiro atoms. The highest BCUT2D eigenvalue weighted by molar-refractivity contribution is 6.08. The van der Waals surface area contributed by atoms with E-state index in [1.165, 1.54) is 58.0 Å². The fourth-order valence-corrected chi connectivity index (χ4v) is 10.4. The van der Waals surface area contributed by atoms with Crippen LogP contribution in [0.3, 0.4) is 0 Å². The third-order valence-electron chi connectivity index (χ3n) is 13.6. The van der Waals surface area contributed by atoms with E-state index in [1.807, 2.05) is 11.8 Å². The first-order valence-corrected chi connectivity index (χ1v) is 22.5. The summed E-state index contributed by atoms with van der Waals surface area (Å²) in [5.74, 6) is -0.474. The number of benzene rings is 4. The minimum Gasteiger partial charge on any atom is -0.469 e. The molecule has 0 bridgehead atoms. The maximum Gasteiger partial charge on any atom is 0.409 e. The predicted octanol–water partition coefficient (Wildman–Crippen LogP) is 9.92. The fraction of sp³-hybridized carbons (Fsp3) is 0.396. The molecule has 10 heteroatoms. The van der Waals surface area contributed by atoms with Gasteiger partial charge in [-0.25, -0.2) is 4.79 Å². The van der Waals surface area contributed by atoms with Gasteiger partial charge in [0.05, 0.1) is 32.7 Å². The number of hydrogen-bond donors (Lipinski definition) is 1. The molecule has 1 saturated heterocycles. The molecule has 1 fully saturated rings. The number of ether oxygens (including phenoxy) is 3. The van der Waals surface area contributed by atoms with Crippen molar-refractivity contribution in [2.24, 2.45) is 0 Å². The van der Waals surface area contributed by atoms with Crippen molar-refractivity contribution in [1.82, 2.24) is 10.2 Å². The van der Waals surface area contributed by atoms with Crippen molar-refractivity contribution in [2.75, 3.05) is 51.9 Å². The van der Waals surface area contributed by atoms with Gasteiger partial charge in [0.25, 0.3) is 0 Å². The Morgan fingerprint density at radius 2 is 1.43 bits per heavy atom.